The van der Waals surface area contributed by atoms with Crippen LogP contribution in [-0.4, -0.2) is 153 Å². The number of aromatic amines is 1. The maximum absolute atomic E-state index is 13.4. The molecule has 19 nitrogen and oxygen atoms in total. The Morgan fingerprint density at radius 3 is 1.71 bits per heavy atom. The van der Waals surface area contributed by atoms with Gasteiger partial charge in [0.05, 0.1) is 30.1 Å². The average molecular weight is 1040 g/mol. The fraction of sp³-hybridized carbons (Fsp3) is 0.500. The largest absolute Gasteiger partial charge is 0.490 e. The van der Waals surface area contributed by atoms with Crippen LogP contribution < -0.4 is 4.74 Å². The summed E-state index contributed by atoms with van der Waals surface area (Å²) in [5.74, 6) is -12.2. The molecule has 5 N–H and O–H groups in total. The minimum atomic E-state index is -5.08. The number of hydrogen-bond acceptors (Lipinski definition) is 13. The molecule has 0 amide bonds. The van der Waals surface area contributed by atoms with Crippen LogP contribution in [0, 0.1) is 11.3 Å². The summed E-state index contributed by atoms with van der Waals surface area (Å²) in [4.78, 5) is 58.8. The van der Waals surface area contributed by atoms with Gasteiger partial charge in [-0.1, -0.05) is 0 Å². The number of halogens is 15. The van der Waals surface area contributed by atoms with E-state index in [-0.39, 0.29) is 24.2 Å². The first-order valence-electron chi connectivity index (χ1n) is 18.8. The van der Waals surface area contributed by atoms with Crippen LogP contribution in [0.2, 0.25) is 0 Å². The van der Waals surface area contributed by atoms with Crippen LogP contribution in [0.3, 0.4) is 0 Å². The summed E-state index contributed by atoms with van der Waals surface area (Å²) < 4.78 is 175. The van der Waals surface area contributed by atoms with Crippen molar-refractivity contribution in [2.45, 2.75) is 87.2 Å². The predicted molar refractivity (Wildman–Crippen MR) is 201 cm³/mol. The zero-order valence-electron chi connectivity index (χ0n) is 35.3. The van der Waals surface area contributed by atoms with E-state index < -0.39 is 66.1 Å². The number of H-pyrrole nitrogens is 1. The third-order valence-corrected chi connectivity index (χ3v) is 9.00. The van der Waals surface area contributed by atoms with Crippen molar-refractivity contribution in [2.24, 2.45) is 0 Å². The van der Waals surface area contributed by atoms with Crippen LogP contribution in [0.4, 0.5) is 65.9 Å². The van der Waals surface area contributed by atoms with Crippen LogP contribution in [0.15, 0.2) is 37.1 Å². The molecular formula is C36H35F15N10O9. The summed E-state index contributed by atoms with van der Waals surface area (Å²) >= 11 is 0. The van der Waals surface area contributed by atoms with E-state index in [1.54, 1.807) is 25.2 Å². The number of alkyl halides is 15. The number of nitrogens with one attached hydrogen (secondary N) is 1. The van der Waals surface area contributed by atoms with Crippen LogP contribution in [0.5, 0.6) is 5.88 Å². The van der Waals surface area contributed by atoms with Gasteiger partial charge >= 0.3 is 54.8 Å². The number of likely N-dealkylation sites (tertiary alicyclic amines) is 1. The lowest BCUT2D eigenvalue weighted by Crippen LogP contribution is -2.65. The molecule has 0 bridgehead atoms. The van der Waals surface area contributed by atoms with Crippen molar-refractivity contribution in [3.63, 3.8) is 0 Å². The van der Waals surface area contributed by atoms with E-state index in [0.717, 1.165) is 35.1 Å². The van der Waals surface area contributed by atoms with Gasteiger partial charge in [-0.2, -0.15) is 81.2 Å². The molecule has 0 radical (unpaired) electrons. The first-order valence-corrected chi connectivity index (χ1v) is 18.8. The maximum Gasteiger partial charge on any atom is 0.490 e. The van der Waals surface area contributed by atoms with Gasteiger partial charge in [0, 0.05) is 55.1 Å². The molecule has 2 fully saturated rings. The highest BCUT2D eigenvalue weighted by molar-refractivity contribution is 5.90. The lowest BCUT2D eigenvalue weighted by Gasteiger charge is -2.53. The molecule has 0 atom stereocenters. The monoisotopic (exact) mass is 1040 g/mol. The quantitative estimate of drug-likeness (QED) is 0.117. The van der Waals surface area contributed by atoms with Crippen molar-refractivity contribution in [3.05, 3.63) is 48.6 Å². The second-order valence-corrected chi connectivity index (χ2v) is 14.6. The van der Waals surface area contributed by atoms with Crippen LogP contribution in [0.25, 0.3) is 22.3 Å². The summed E-state index contributed by atoms with van der Waals surface area (Å²) in [5.41, 5.74) is 2.24. The molecule has 6 rings (SSSR count). The van der Waals surface area contributed by atoms with Crippen molar-refractivity contribution < 1.29 is 110 Å². The van der Waals surface area contributed by atoms with Gasteiger partial charge in [0.2, 0.25) is 11.7 Å². The van der Waals surface area contributed by atoms with Gasteiger partial charge in [-0.05, 0) is 45.8 Å². The Kier molecular flexibility index (Phi) is 19.8. The summed E-state index contributed by atoms with van der Waals surface area (Å²) in [6.45, 7) is 1.63. The number of fused-ring (bicyclic) bond motifs is 1. The zero-order valence-corrected chi connectivity index (χ0v) is 35.3. The molecule has 0 spiro atoms. The number of rotatable bonds is 8. The van der Waals surface area contributed by atoms with Crippen molar-refractivity contribution >= 4 is 34.9 Å². The molecule has 1 aliphatic carbocycles. The number of aliphatic carboxylic acids is 4. The number of hydrogen-bond donors (Lipinski definition) is 5. The van der Waals surface area contributed by atoms with Crippen LogP contribution in [-0.2, 0) is 37.4 Å². The SMILES string of the molecule is CN(C)Cc1cc(O[C@H]2CC[C@@H](N3CC(CC#N)(n4cc(-c5ncnc6[nH]ccc56)cn4)C3)CC2)nc(C(F)(F)F)n1.O=C(O)C(F)(F)F.O=C(O)C(F)(F)F.O=C(O)C(F)(F)F.O=C(O)C(F)(F)F. The van der Waals surface area contributed by atoms with E-state index in [0.29, 0.717) is 38.4 Å². The number of aromatic nitrogens is 7. The third-order valence-electron chi connectivity index (χ3n) is 9.00. The second kappa shape index (κ2) is 23.5. The molecule has 2 aliphatic rings. The highest BCUT2D eigenvalue weighted by Gasteiger charge is 2.48. The highest BCUT2D eigenvalue weighted by atomic mass is 19.4. The first kappa shape index (κ1) is 59.1. The van der Waals surface area contributed by atoms with E-state index in [9.17, 15) is 71.1 Å². The molecule has 1 saturated carbocycles. The fourth-order valence-corrected chi connectivity index (χ4v) is 6.02. The minimum absolute atomic E-state index is 0.0373. The molecular weight excluding hydrogens is 1000 g/mol. The smallest absolute Gasteiger partial charge is 0.475 e. The summed E-state index contributed by atoms with van der Waals surface area (Å²) in [6.07, 6.45) is -14.7. The standard InChI is InChI=1S/C28H31F3N10O.4C2HF3O2/c1-39(2)14-19-11-23(38-26(37-19)28(29,30)31)42-21-5-3-20(4-6-21)40-15-27(16-40,8-9-32)41-13-18(12-36-41)24-22-7-10-33-25(22)35-17-34-24;4*3-2(4,5)1(6)7/h7,10-13,17,20-21H,3-6,8,14-16H2,1-2H3,(H,33,34,35);4*(H,6,7)/t20-,21+;;;;. The van der Waals surface area contributed by atoms with E-state index in [1.807, 2.05) is 23.1 Å². The Morgan fingerprint density at radius 1 is 0.800 bits per heavy atom. The predicted octanol–water partition coefficient (Wildman–Crippen LogP) is 6.54. The molecule has 0 unspecified atom stereocenters. The first-order chi connectivity index (χ1) is 31.9. The van der Waals surface area contributed by atoms with Crippen molar-refractivity contribution in [1.29, 1.82) is 5.26 Å². The summed E-state index contributed by atoms with van der Waals surface area (Å²) in [6, 6.07) is 6.06. The Hall–Kier alpha value is -7.05. The zero-order chi connectivity index (χ0) is 53.8. The van der Waals surface area contributed by atoms with Gasteiger partial charge in [0.15, 0.2) is 0 Å². The number of nitriles is 1. The van der Waals surface area contributed by atoms with Gasteiger partial charge < -0.3 is 35.0 Å². The highest BCUT2D eigenvalue weighted by Crippen LogP contribution is 2.39. The van der Waals surface area contributed by atoms with E-state index in [4.69, 9.17) is 44.3 Å². The molecule has 1 aliphatic heterocycles. The molecule has 4 aromatic heterocycles. The van der Waals surface area contributed by atoms with Gasteiger partial charge in [-0.3, -0.25) is 9.58 Å². The van der Waals surface area contributed by atoms with Crippen molar-refractivity contribution in [1.82, 2.24) is 44.5 Å². The third kappa shape index (κ3) is 18.1. The number of nitrogens with zero attached hydrogens (tertiary/aromatic N) is 9. The lowest BCUT2D eigenvalue weighted by molar-refractivity contribution is -0.193. The normalized spacial score (nSPS) is 17.0. The average Bonchev–Trinajstić information content (AvgIpc) is 3.90. The topological polar surface area (TPSA) is 274 Å². The Labute approximate surface area is 381 Å². The molecule has 70 heavy (non-hydrogen) atoms. The van der Waals surface area contributed by atoms with E-state index >= 15 is 0 Å². The molecule has 34 heteroatoms. The van der Waals surface area contributed by atoms with Gasteiger partial charge in [-0.25, -0.2) is 34.1 Å². The summed E-state index contributed by atoms with van der Waals surface area (Å²) in [7, 11) is 3.53. The van der Waals surface area contributed by atoms with Gasteiger partial charge in [0.25, 0.3) is 0 Å². The molecule has 5 heterocycles. The molecule has 4 aromatic rings. The van der Waals surface area contributed by atoms with Gasteiger partial charge in [-0.15, -0.1) is 0 Å². The Morgan fingerprint density at radius 2 is 1.29 bits per heavy atom. The van der Waals surface area contributed by atoms with Crippen molar-refractivity contribution in [2.75, 3.05) is 27.2 Å². The molecule has 388 valence electrons. The number of carboxylic acids is 4. The molecule has 1 saturated heterocycles. The lowest BCUT2D eigenvalue weighted by atomic mass is 9.82. The Balaban J connectivity index is 0.000000487. The van der Waals surface area contributed by atoms with E-state index in [1.165, 1.54) is 12.4 Å². The van der Waals surface area contributed by atoms with Crippen LogP contribution in [0.1, 0.15) is 43.6 Å². The fourth-order valence-electron chi connectivity index (χ4n) is 6.02. The minimum Gasteiger partial charge on any atom is -0.475 e. The van der Waals surface area contributed by atoms with E-state index in [2.05, 4.69) is 41.0 Å². The molecule has 0 aromatic carbocycles. The summed E-state index contributed by atoms with van der Waals surface area (Å²) in [5, 5.41) is 43.7. The Bertz CT molecular complexity index is 2340. The van der Waals surface area contributed by atoms with Crippen molar-refractivity contribution in [3.8, 4) is 23.2 Å². The number of ether oxygens (including phenoxy) is 1. The number of carbonyl (C=O) groups is 4. The maximum atomic E-state index is 13.4. The van der Waals surface area contributed by atoms with Crippen LogP contribution >= 0.6 is 0 Å². The van der Waals surface area contributed by atoms with Gasteiger partial charge in [0.1, 0.15) is 23.6 Å². The second-order valence-electron chi connectivity index (χ2n) is 14.6. The number of carboxylic acid groups (broad SMARTS) is 4.